The fraction of sp³-hybridized carbons (Fsp3) is 0.419. The number of aromatic nitrogens is 4. The Hall–Kier alpha value is -4.61. The van der Waals surface area contributed by atoms with Gasteiger partial charge in [0.1, 0.15) is 16.5 Å². The standard InChI is InChI=1S/C31H31F3N6O7S/c1-16-36-26(21-10-20(14-31(32,33)34)48-28(21)37-16)38-29-12-19(13-30(29,43)47-25(42)9-8-24(41)46-29)35-15-17-4-6-18(7-5-17)22-11-23(44-2)27(45-3)40-39-22/h4-7,10-11,19,35,43H,8-9,12-15H2,1-3H3,(H,36,37,38)/t19-,29+,30-/m1/s1. The Labute approximate surface area is 275 Å². The van der Waals surface area contributed by atoms with Crippen molar-refractivity contribution < 1.29 is 46.8 Å². The van der Waals surface area contributed by atoms with Crippen molar-refractivity contribution in [2.75, 3.05) is 19.5 Å². The molecule has 0 amide bonds. The Balaban J connectivity index is 1.26. The van der Waals surface area contributed by atoms with E-state index in [9.17, 15) is 27.9 Å². The van der Waals surface area contributed by atoms with E-state index in [4.69, 9.17) is 18.9 Å². The van der Waals surface area contributed by atoms with E-state index in [0.717, 1.165) is 22.5 Å². The number of nitrogens with zero attached hydrogens (tertiary/aromatic N) is 4. The topological polar surface area (TPSA) is 167 Å². The lowest BCUT2D eigenvalue weighted by atomic mass is 10.0. The Morgan fingerprint density at radius 2 is 1.75 bits per heavy atom. The number of hydrogen-bond acceptors (Lipinski definition) is 14. The number of carbonyl (C=O) groups is 2. The fourth-order valence-corrected chi connectivity index (χ4v) is 6.93. The van der Waals surface area contributed by atoms with E-state index >= 15 is 0 Å². The van der Waals surface area contributed by atoms with Crippen LogP contribution in [0, 0.1) is 6.92 Å². The largest absolute Gasteiger partial charge is 0.491 e. The number of benzene rings is 1. The SMILES string of the molecule is COc1cc(-c2ccc(CN[C@H]3C[C@@]4(O)OC(=O)CCC(=O)O[C@@]4(Nc4nc(C)nc5sc(CC(F)(F)F)cc45)C3)cc2)nnc1OC. The van der Waals surface area contributed by atoms with Crippen LogP contribution >= 0.6 is 11.3 Å². The molecule has 13 nitrogen and oxygen atoms in total. The summed E-state index contributed by atoms with van der Waals surface area (Å²) in [6.07, 6.45) is -6.45. The summed E-state index contributed by atoms with van der Waals surface area (Å²) in [5, 5.41) is 26.6. The molecule has 1 aromatic carbocycles. The molecule has 1 aliphatic carbocycles. The Morgan fingerprint density at radius 1 is 1.02 bits per heavy atom. The first-order valence-corrected chi connectivity index (χ1v) is 15.7. The Kier molecular flexibility index (Phi) is 8.86. The summed E-state index contributed by atoms with van der Waals surface area (Å²) in [7, 11) is 2.97. The lowest BCUT2D eigenvalue weighted by Gasteiger charge is -2.41. The third-order valence-electron chi connectivity index (χ3n) is 8.03. The number of halogens is 3. The van der Waals surface area contributed by atoms with E-state index in [1.807, 2.05) is 24.3 Å². The number of thiophene rings is 1. The van der Waals surface area contributed by atoms with Crippen LogP contribution in [0.2, 0.25) is 0 Å². The van der Waals surface area contributed by atoms with E-state index in [1.54, 1.807) is 13.0 Å². The minimum absolute atomic E-state index is 0.00413. The van der Waals surface area contributed by atoms with Crippen LogP contribution in [0.4, 0.5) is 19.0 Å². The van der Waals surface area contributed by atoms with Gasteiger partial charge in [0.15, 0.2) is 5.75 Å². The van der Waals surface area contributed by atoms with E-state index in [0.29, 0.717) is 18.0 Å². The van der Waals surface area contributed by atoms with E-state index in [1.165, 1.54) is 20.3 Å². The van der Waals surface area contributed by atoms with Gasteiger partial charge in [-0.05, 0) is 18.6 Å². The smallest absolute Gasteiger partial charge is 0.393 e. The summed E-state index contributed by atoms with van der Waals surface area (Å²) in [6.45, 7) is 1.88. The zero-order valence-corrected chi connectivity index (χ0v) is 26.8. The highest BCUT2D eigenvalue weighted by Crippen LogP contribution is 2.46. The number of carbonyl (C=O) groups excluding carboxylic acids is 2. The highest BCUT2D eigenvalue weighted by Gasteiger charge is 2.65. The highest BCUT2D eigenvalue weighted by atomic mass is 32.1. The third-order valence-corrected chi connectivity index (χ3v) is 9.06. The molecule has 0 bridgehead atoms. The number of hydrogen-bond donors (Lipinski definition) is 3. The lowest BCUT2D eigenvalue weighted by Crippen LogP contribution is -2.61. The van der Waals surface area contributed by atoms with Crippen LogP contribution in [0.5, 0.6) is 11.6 Å². The molecule has 4 aromatic rings. The number of ether oxygens (including phenoxy) is 4. The predicted molar refractivity (Wildman–Crippen MR) is 165 cm³/mol. The Morgan fingerprint density at radius 3 is 2.44 bits per heavy atom. The quantitative estimate of drug-likeness (QED) is 0.214. The summed E-state index contributed by atoms with van der Waals surface area (Å²) in [5.74, 6) is -2.96. The zero-order chi connectivity index (χ0) is 34.3. The first kappa shape index (κ1) is 33.3. The molecule has 17 heteroatoms. The van der Waals surface area contributed by atoms with E-state index in [-0.39, 0.29) is 58.3 Å². The van der Waals surface area contributed by atoms with Gasteiger partial charge in [0.05, 0.1) is 44.6 Å². The van der Waals surface area contributed by atoms with Gasteiger partial charge in [-0.3, -0.25) is 9.59 Å². The number of nitrogens with one attached hydrogen (secondary N) is 2. The number of alkyl halides is 3. The predicted octanol–water partition coefficient (Wildman–Crippen LogP) is 4.21. The molecule has 0 spiro atoms. The number of esters is 2. The monoisotopic (exact) mass is 688 g/mol. The van der Waals surface area contributed by atoms with Crippen LogP contribution in [0.3, 0.4) is 0 Å². The molecular formula is C31H31F3N6O7S. The van der Waals surface area contributed by atoms with Crippen molar-refractivity contribution in [1.82, 2.24) is 25.5 Å². The number of aliphatic hydroxyl groups is 1. The first-order valence-electron chi connectivity index (χ1n) is 14.8. The zero-order valence-electron chi connectivity index (χ0n) is 26.0. The van der Waals surface area contributed by atoms with E-state index < -0.39 is 42.1 Å². The number of anilines is 1. The van der Waals surface area contributed by atoms with Crippen LogP contribution in [-0.2, 0) is 32.0 Å². The minimum Gasteiger partial charge on any atom is -0.491 e. The number of methoxy groups -OCH3 is 2. The van der Waals surface area contributed by atoms with Crippen molar-refractivity contribution in [3.8, 4) is 22.9 Å². The van der Waals surface area contributed by atoms with Crippen molar-refractivity contribution in [3.63, 3.8) is 0 Å². The molecule has 48 heavy (non-hydrogen) atoms. The van der Waals surface area contributed by atoms with Gasteiger partial charge in [-0.1, -0.05) is 24.3 Å². The summed E-state index contributed by atoms with van der Waals surface area (Å²) >= 11 is 0.856. The lowest BCUT2D eigenvalue weighted by molar-refractivity contribution is -0.275. The van der Waals surface area contributed by atoms with Gasteiger partial charge in [0, 0.05) is 41.9 Å². The molecule has 3 aromatic heterocycles. The second kappa shape index (κ2) is 12.8. The third kappa shape index (κ3) is 6.84. The normalized spacial score (nSPS) is 22.8. The number of rotatable bonds is 9. The second-order valence-corrected chi connectivity index (χ2v) is 12.6. The maximum atomic E-state index is 13.2. The summed E-state index contributed by atoms with van der Waals surface area (Å²) in [5.41, 5.74) is 0.195. The molecule has 6 rings (SSSR count). The second-order valence-electron chi connectivity index (χ2n) is 11.5. The van der Waals surface area contributed by atoms with Crippen molar-refractivity contribution in [1.29, 1.82) is 0 Å². The molecule has 1 aliphatic heterocycles. The van der Waals surface area contributed by atoms with Gasteiger partial charge in [-0.2, -0.15) is 13.2 Å². The van der Waals surface area contributed by atoms with Crippen molar-refractivity contribution in [2.24, 2.45) is 0 Å². The molecule has 1 saturated carbocycles. The molecule has 2 aliphatic rings. The van der Waals surface area contributed by atoms with Crippen LogP contribution < -0.4 is 20.1 Å². The molecule has 3 atom stereocenters. The average molecular weight is 689 g/mol. The molecular weight excluding hydrogens is 657 g/mol. The average Bonchev–Trinajstić information content (AvgIpc) is 3.53. The highest BCUT2D eigenvalue weighted by molar-refractivity contribution is 7.18. The molecule has 0 radical (unpaired) electrons. The van der Waals surface area contributed by atoms with Crippen LogP contribution in [0.25, 0.3) is 21.5 Å². The molecule has 1 saturated heterocycles. The van der Waals surface area contributed by atoms with Gasteiger partial charge in [-0.15, -0.1) is 21.5 Å². The molecule has 4 heterocycles. The minimum atomic E-state index is -4.44. The Bertz CT molecular complexity index is 1860. The molecule has 254 valence electrons. The summed E-state index contributed by atoms with van der Waals surface area (Å²) < 4.78 is 61.4. The number of aryl methyl sites for hydroxylation is 1. The van der Waals surface area contributed by atoms with Gasteiger partial charge in [-0.25, -0.2) is 9.97 Å². The van der Waals surface area contributed by atoms with Crippen LogP contribution in [-0.4, -0.2) is 75.2 Å². The van der Waals surface area contributed by atoms with Gasteiger partial charge in [0.25, 0.3) is 17.4 Å². The van der Waals surface area contributed by atoms with E-state index in [2.05, 4.69) is 30.8 Å². The maximum absolute atomic E-state index is 13.2. The summed E-state index contributed by atoms with van der Waals surface area (Å²) in [4.78, 5) is 34.5. The molecule has 3 N–H and O–H groups in total. The van der Waals surface area contributed by atoms with Crippen molar-refractivity contribution in [2.45, 2.75) is 69.3 Å². The van der Waals surface area contributed by atoms with Crippen molar-refractivity contribution in [3.05, 3.63) is 52.7 Å². The fourth-order valence-electron chi connectivity index (χ4n) is 5.83. The van der Waals surface area contributed by atoms with Gasteiger partial charge < -0.3 is 34.7 Å². The molecule has 2 fully saturated rings. The van der Waals surface area contributed by atoms with Crippen LogP contribution in [0.1, 0.15) is 41.9 Å². The van der Waals surface area contributed by atoms with Gasteiger partial charge in [0.2, 0.25) is 0 Å². The summed E-state index contributed by atoms with van der Waals surface area (Å²) in [6, 6.07) is 9.91. The van der Waals surface area contributed by atoms with Gasteiger partial charge >= 0.3 is 18.1 Å². The maximum Gasteiger partial charge on any atom is 0.393 e. The molecule has 0 unspecified atom stereocenters. The van der Waals surface area contributed by atoms with Crippen LogP contribution in [0.15, 0.2) is 36.4 Å². The number of fused-ring (bicyclic) bond motifs is 2. The first-order chi connectivity index (χ1) is 22.8. The van der Waals surface area contributed by atoms with Crippen molar-refractivity contribution >= 4 is 39.3 Å².